The predicted molar refractivity (Wildman–Crippen MR) is 89.6 cm³/mol. The van der Waals surface area contributed by atoms with Gasteiger partial charge in [0.2, 0.25) is 0 Å². The molecule has 1 fully saturated rings. The van der Waals surface area contributed by atoms with Gasteiger partial charge < -0.3 is 20.1 Å². The van der Waals surface area contributed by atoms with Gasteiger partial charge in [0.05, 0.1) is 24.6 Å². The van der Waals surface area contributed by atoms with Gasteiger partial charge >= 0.3 is 18.2 Å². The van der Waals surface area contributed by atoms with Gasteiger partial charge in [-0.3, -0.25) is 9.78 Å². The monoisotopic (exact) mass is 383 g/mol. The van der Waals surface area contributed by atoms with E-state index in [1.165, 1.54) is 7.11 Å². The van der Waals surface area contributed by atoms with Crippen LogP contribution in [0, 0.1) is 11.8 Å². The highest BCUT2D eigenvalue weighted by atomic mass is 19.4. The smallest absolute Gasteiger partial charge is 0.394 e. The molecule has 1 saturated heterocycles. The van der Waals surface area contributed by atoms with Crippen LogP contribution in [0.3, 0.4) is 0 Å². The Kier molecular flexibility index (Phi) is 4.81. The zero-order chi connectivity index (χ0) is 19.8. The Morgan fingerprint density at radius 1 is 1.30 bits per heavy atom. The average molecular weight is 383 g/mol. The van der Waals surface area contributed by atoms with Crippen molar-refractivity contribution in [3.63, 3.8) is 0 Å². The van der Waals surface area contributed by atoms with Gasteiger partial charge in [-0.15, -0.1) is 0 Å². The van der Waals surface area contributed by atoms with Gasteiger partial charge in [0.1, 0.15) is 11.3 Å². The largest absolute Gasteiger partial charge is 0.494 e. The molecule has 3 rings (SSSR count). The van der Waals surface area contributed by atoms with Gasteiger partial charge in [-0.25, -0.2) is 4.79 Å². The average Bonchev–Trinajstić information content (AvgIpc) is 3.08. The number of benzene rings is 1. The first-order valence-corrected chi connectivity index (χ1v) is 7.99. The molecular formula is C17H16F3N3O4. The molecule has 0 aliphatic carbocycles. The molecule has 0 radical (unpaired) electrons. The molecule has 0 bridgehead atoms. The number of aliphatic carboxylic acids is 1. The molecule has 7 nitrogen and oxygen atoms in total. The fourth-order valence-electron chi connectivity index (χ4n) is 3.17. The van der Waals surface area contributed by atoms with Crippen molar-refractivity contribution in [2.45, 2.75) is 6.18 Å². The van der Waals surface area contributed by atoms with E-state index in [0.717, 1.165) is 4.90 Å². The van der Waals surface area contributed by atoms with E-state index in [9.17, 15) is 22.8 Å². The lowest BCUT2D eigenvalue weighted by molar-refractivity contribution is -0.187. The lowest BCUT2D eigenvalue weighted by atomic mass is 9.96. The maximum absolute atomic E-state index is 13.1. The molecule has 2 atom stereocenters. The molecule has 2 heterocycles. The van der Waals surface area contributed by atoms with Crippen molar-refractivity contribution in [1.29, 1.82) is 0 Å². The SMILES string of the molecule is COc1ccc(NC(=O)N2C[C@@H](C(F)(F)F)[C@H](C(=O)O)C2)c2cccnc12. The summed E-state index contributed by atoms with van der Waals surface area (Å²) in [4.78, 5) is 28.7. The minimum absolute atomic E-state index is 0.339. The highest BCUT2D eigenvalue weighted by molar-refractivity contribution is 6.02. The van der Waals surface area contributed by atoms with Crippen LogP contribution in [0.2, 0.25) is 0 Å². The number of amides is 2. The van der Waals surface area contributed by atoms with Crippen molar-refractivity contribution in [2.24, 2.45) is 11.8 Å². The van der Waals surface area contributed by atoms with Crippen LogP contribution in [0.15, 0.2) is 30.5 Å². The fraction of sp³-hybridized carbons (Fsp3) is 0.353. The van der Waals surface area contributed by atoms with Crippen molar-refractivity contribution in [3.05, 3.63) is 30.5 Å². The number of anilines is 1. The summed E-state index contributed by atoms with van der Waals surface area (Å²) < 4.78 is 44.5. The van der Waals surface area contributed by atoms with E-state index in [1.54, 1.807) is 30.5 Å². The number of alkyl halides is 3. The molecule has 0 unspecified atom stereocenters. The summed E-state index contributed by atoms with van der Waals surface area (Å²) in [5.41, 5.74) is 0.821. The zero-order valence-corrected chi connectivity index (χ0v) is 14.2. The number of halogens is 3. The Morgan fingerprint density at radius 3 is 2.63 bits per heavy atom. The maximum atomic E-state index is 13.1. The first-order valence-electron chi connectivity index (χ1n) is 7.99. The number of carboxylic acid groups (broad SMARTS) is 1. The summed E-state index contributed by atoms with van der Waals surface area (Å²) in [5, 5.41) is 12.1. The van der Waals surface area contributed by atoms with Crippen molar-refractivity contribution in [3.8, 4) is 5.75 Å². The number of urea groups is 1. The van der Waals surface area contributed by atoms with E-state index >= 15 is 0 Å². The van der Waals surface area contributed by atoms with E-state index in [1.807, 2.05) is 0 Å². The first-order chi connectivity index (χ1) is 12.7. The van der Waals surface area contributed by atoms with E-state index in [-0.39, 0.29) is 0 Å². The van der Waals surface area contributed by atoms with E-state index in [0.29, 0.717) is 22.3 Å². The molecule has 144 valence electrons. The number of carboxylic acids is 1. The van der Waals surface area contributed by atoms with Crippen LogP contribution in [-0.2, 0) is 4.79 Å². The van der Waals surface area contributed by atoms with Crippen LogP contribution < -0.4 is 10.1 Å². The molecule has 2 aromatic rings. The number of nitrogens with zero attached hydrogens (tertiary/aromatic N) is 2. The molecule has 1 aromatic heterocycles. The number of rotatable bonds is 3. The number of carbonyl (C=O) groups excluding carboxylic acids is 1. The Hall–Kier alpha value is -3.04. The van der Waals surface area contributed by atoms with Crippen LogP contribution >= 0.6 is 0 Å². The lowest BCUT2D eigenvalue weighted by Crippen LogP contribution is -2.35. The van der Waals surface area contributed by atoms with Crippen LogP contribution in [0.25, 0.3) is 10.9 Å². The number of ether oxygens (including phenoxy) is 1. The summed E-state index contributed by atoms with van der Waals surface area (Å²) >= 11 is 0. The van der Waals surface area contributed by atoms with Crippen LogP contribution in [0.5, 0.6) is 5.75 Å². The minimum atomic E-state index is -4.70. The van der Waals surface area contributed by atoms with E-state index in [4.69, 9.17) is 9.84 Å². The Balaban J connectivity index is 1.84. The molecule has 0 saturated carbocycles. The standard InChI is InChI=1S/C17H16F3N3O4/c1-27-13-5-4-12(9-3-2-6-21-14(9)13)22-16(26)23-7-10(15(24)25)11(8-23)17(18,19)20/h2-6,10-11H,7-8H2,1H3,(H,22,26)(H,24,25)/t10-,11-/m1/s1. The summed E-state index contributed by atoms with van der Waals surface area (Å²) in [6.45, 7) is -1.23. The number of aromatic nitrogens is 1. The Morgan fingerprint density at radius 2 is 2.04 bits per heavy atom. The molecule has 1 aliphatic rings. The van der Waals surface area contributed by atoms with Gasteiger partial charge in [0.25, 0.3) is 0 Å². The molecule has 1 aliphatic heterocycles. The van der Waals surface area contributed by atoms with E-state index < -0.39 is 43.1 Å². The summed E-state index contributed by atoms with van der Waals surface area (Å²) in [5.74, 6) is -4.89. The predicted octanol–water partition coefficient (Wildman–Crippen LogP) is 2.97. The minimum Gasteiger partial charge on any atom is -0.494 e. The molecule has 2 N–H and O–H groups in total. The van der Waals surface area contributed by atoms with Gasteiger partial charge in [-0.2, -0.15) is 13.2 Å². The number of likely N-dealkylation sites (tertiary alicyclic amines) is 1. The summed E-state index contributed by atoms with van der Waals surface area (Å²) in [7, 11) is 1.47. The third-order valence-corrected chi connectivity index (χ3v) is 4.54. The van der Waals surface area contributed by atoms with Gasteiger partial charge in [0, 0.05) is 24.7 Å². The van der Waals surface area contributed by atoms with Gasteiger partial charge in [-0.05, 0) is 24.3 Å². The van der Waals surface area contributed by atoms with Crippen molar-refractivity contribution in [1.82, 2.24) is 9.88 Å². The highest BCUT2D eigenvalue weighted by Gasteiger charge is 2.53. The van der Waals surface area contributed by atoms with Gasteiger partial charge in [0.15, 0.2) is 0 Å². The highest BCUT2D eigenvalue weighted by Crippen LogP contribution is 2.38. The van der Waals surface area contributed by atoms with E-state index in [2.05, 4.69) is 10.3 Å². The lowest BCUT2D eigenvalue weighted by Gasteiger charge is -2.19. The molecule has 10 heteroatoms. The van der Waals surface area contributed by atoms with Crippen LogP contribution in [0.1, 0.15) is 0 Å². The quantitative estimate of drug-likeness (QED) is 0.850. The normalized spacial score (nSPS) is 19.9. The second-order valence-electron chi connectivity index (χ2n) is 6.14. The number of methoxy groups -OCH3 is 1. The molecule has 0 spiro atoms. The second kappa shape index (κ2) is 6.93. The number of hydrogen-bond acceptors (Lipinski definition) is 4. The molecule has 1 aromatic carbocycles. The van der Waals surface area contributed by atoms with Crippen molar-refractivity contribution < 1.29 is 32.6 Å². The van der Waals surface area contributed by atoms with Crippen LogP contribution in [0.4, 0.5) is 23.7 Å². The second-order valence-corrected chi connectivity index (χ2v) is 6.14. The zero-order valence-electron chi connectivity index (χ0n) is 14.2. The van der Waals surface area contributed by atoms with Crippen LogP contribution in [-0.4, -0.2) is 53.4 Å². The molecular weight excluding hydrogens is 367 g/mol. The summed E-state index contributed by atoms with van der Waals surface area (Å²) in [6.07, 6.45) is -3.16. The molecule has 27 heavy (non-hydrogen) atoms. The third kappa shape index (κ3) is 3.60. The maximum Gasteiger partial charge on any atom is 0.394 e. The summed E-state index contributed by atoms with van der Waals surface area (Å²) in [6, 6.07) is 5.65. The number of hydrogen-bond donors (Lipinski definition) is 2. The van der Waals surface area contributed by atoms with Crippen molar-refractivity contribution in [2.75, 3.05) is 25.5 Å². The Bertz CT molecular complexity index is 887. The number of fused-ring (bicyclic) bond motifs is 1. The number of pyridine rings is 1. The van der Waals surface area contributed by atoms with Gasteiger partial charge in [-0.1, -0.05) is 0 Å². The number of nitrogens with one attached hydrogen (secondary N) is 1. The first kappa shape index (κ1) is 18.7. The topological polar surface area (TPSA) is 91.8 Å². The number of carbonyl (C=O) groups is 2. The molecule has 2 amide bonds. The third-order valence-electron chi connectivity index (χ3n) is 4.54. The fourth-order valence-corrected chi connectivity index (χ4v) is 3.17. The Labute approximate surface area is 151 Å². The van der Waals surface area contributed by atoms with Crippen molar-refractivity contribution >= 4 is 28.6 Å².